The van der Waals surface area contributed by atoms with Gasteiger partial charge in [0.2, 0.25) is 7.37 Å². The van der Waals surface area contributed by atoms with E-state index in [1.807, 2.05) is 0 Å². The predicted molar refractivity (Wildman–Crippen MR) is 54.4 cm³/mol. The van der Waals surface area contributed by atoms with Crippen LogP contribution in [0.4, 0.5) is 0 Å². The van der Waals surface area contributed by atoms with Crippen molar-refractivity contribution in [3.63, 3.8) is 0 Å². The third-order valence-electron chi connectivity index (χ3n) is 1.82. The molecule has 1 atom stereocenters. The molecular weight excluding hydrogens is 203 g/mol. The second-order valence-corrected chi connectivity index (χ2v) is 5.50. The Hall–Kier alpha value is -0.990. The van der Waals surface area contributed by atoms with Crippen molar-refractivity contribution in [1.82, 2.24) is 0 Å². The minimum Gasteiger partial charge on any atom is -0.508 e. The van der Waals surface area contributed by atoms with Gasteiger partial charge in [0.05, 0.1) is 0 Å². The molecule has 0 aliphatic rings. The monoisotopic (exact) mass is 216 g/mol. The molecule has 0 amide bonds. The van der Waals surface area contributed by atoms with Crippen LogP contribution in [0.15, 0.2) is 18.2 Å². The van der Waals surface area contributed by atoms with Crippen LogP contribution in [0.3, 0.4) is 0 Å². The third-order valence-corrected chi connectivity index (χ3v) is 3.94. The van der Waals surface area contributed by atoms with E-state index in [2.05, 4.69) is 0 Å². The van der Waals surface area contributed by atoms with Crippen LogP contribution in [-0.4, -0.2) is 21.3 Å². The summed E-state index contributed by atoms with van der Waals surface area (Å²) < 4.78 is 11.7. The quantitative estimate of drug-likeness (QED) is 0.667. The normalized spacial score (nSPS) is 15.0. The van der Waals surface area contributed by atoms with Crippen LogP contribution in [0.1, 0.15) is 13.3 Å². The van der Waals surface area contributed by atoms with Crippen LogP contribution in [0, 0.1) is 0 Å². The van der Waals surface area contributed by atoms with Crippen molar-refractivity contribution in [2.75, 3.05) is 6.16 Å². The first-order valence-electron chi connectivity index (χ1n) is 4.31. The number of rotatable bonds is 3. The molecule has 0 aromatic heterocycles. The van der Waals surface area contributed by atoms with E-state index in [4.69, 9.17) is 10.2 Å². The summed E-state index contributed by atoms with van der Waals surface area (Å²) in [6, 6.07) is 3.53. The molecule has 0 bridgehead atoms. The maximum atomic E-state index is 11.7. The SMILES string of the molecule is CCCP(=O)(O)c1cc(O)cc(O)c1. The zero-order chi connectivity index (χ0) is 10.8. The zero-order valence-electron chi connectivity index (χ0n) is 7.84. The van der Waals surface area contributed by atoms with Crippen molar-refractivity contribution in [3.05, 3.63) is 18.2 Å². The fourth-order valence-electron chi connectivity index (χ4n) is 1.21. The number of aromatic hydroxyl groups is 2. The van der Waals surface area contributed by atoms with Crippen LogP contribution >= 0.6 is 7.37 Å². The number of benzene rings is 1. The molecule has 0 saturated heterocycles. The smallest absolute Gasteiger partial charge is 0.229 e. The Morgan fingerprint density at radius 3 is 2.14 bits per heavy atom. The lowest BCUT2D eigenvalue weighted by atomic mass is 10.3. The lowest BCUT2D eigenvalue weighted by Crippen LogP contribution is -2.06. The van der Waals surface area contributed by atoms with Crippen molar-refractivity contribution in [2.24, 2.45) is 0 Å². The van der Waals surface area contributed by atoms with Gasteiger partial charge in [0.25, 0.3) is 0 Å². The summed E-state index contributed by atoms with van der Waals surface area (Å²) in [7, 11) is -3.42. The molecule has 0 fully saturated rings. The van der Waals surface area contributed by atoms with E-state index >= 15 is 0 Å². The summed E-state index contributed by atoms with van der Waals surface area (Å²) in [5.74, 6) is -0.407. The lowest BCUT2D eigenvalue weighted by molar-refractivity contribution is 0.449. The highest BCUT2D eigenvalue weighted by molar-refractivity contribution is 7.66. The number of hydrogen-bond donors (Lipinski definition) is 3. The van der Waals surface area contributed by atoms with Crippen LogP contribution in [0.5, 0.6) is 11.5 Å². The first-order chi connectivity index (χ1) is 6.45. The molecule has 5 heteroatoms. The average Bonchev–Trinajstić information content (AvgIpc) is 2.02. The molecule has 0 heterocycles. The molecule has 0 aliphatic heterocycles. The van der Waals surface area contributed by atoms with Crippen LogP contribution in [0.25, 0.3) is 0 Å². The molecule has 1 aromatic rings. The molecule has 1 aromatic carbocycles. The topological polar surface area (TPSA) is 77.8 Å². The summed E-state index contributed by atoms with van der Waals surface area (Å²) in [5, 5.41) is 18.4. The second kappa shape index (κ2) is 4.03. The van der Waals surface area contributed by atoms with Gasteiger partial charge < -0.3 is 15.1 Å². The molecule has 1 unspecified atom stereocenters. The largest absolute Gasteiger partial charge is 0.508 e. The van der Waals surface area contributed by atoms with Gasteiger partial charge >= 0.3 is 0 Å². The minimum atomic E-state index is -3.42. The van der Waals surface area contributed by atoms with E-state index in [1.54, 1.807) is 6.92 Å². The van der Waals surface area contributed by atoms with E-state index in [0.29, 0.717) is 6.42 Å². The number of hydrogen-bond acceptors (Lipinski definition) is 3. The molecule has 4 nitrogen and oxygen atoms in total. The van der Waals surface area contributed by atoms with Crippen molar-refractivity contribution < 1.29 is 19.7 Å². The van der Waals surface area contributed by atoms with Crippen molar-refractivity contribution in [3.8, 4) is 11.5 Å². The molecular formula is C9H13O4P. The van der Waals surface area contributed by atoms with Crippen molar-refractivity contribution >= 4 is 12.7 Å². The van der Waals surface area contributed by atoms with Crippen LogP contribution in [0.2, 0.25) is 0 Å². The maximum Gasteiger partial charge on any atom is 0.229 e. The Kier molecular flexibility index (Phi) is 3.19. The van der Waals surface area contributed by atoms with Gasteiger partial charge in [0, 0.05) is 17.5 Å². The maximum absolute atomic E-state index is 11.7. The van der Waals surface area contributed by atoms with Crippen LogP contribution in [-0.2, 0) is 4.57 Å². The van der Waals surface area contributed by atoms with Gasteiger partial charge in [-0.15, -0.1) is 0 Å². The molecule has 3 N–H and O–H groups in total. The summed E-state index contributed by atoms with van der Waals surface area (Å²) in [4.78, 5) is 9.57. The van der Waals surface area contributed by atoms with Gasteiger partial charge in [-0.05, 0) is 18.6 Å². The van der Waals surface area contributed by atoms with Gasteiger partial charge in [-0.25, -0.2) is 0 Å². The van der Waals surface area contributed by atoms with E-state index in [-0.39, 0.29) is 23.0 Å². The fraction of sp³-hybridized carbons (Fsp3) is 0.333. The van der Waals surface area contributed by atoms with Gasteiger partial charge in [0.15, 0.2) is 0 Å². The lowest BCUT2D eigenvalue weighted by Gasteiger charge is -2.11. The molecule has 0 saturated carbocycles. The van der Waals surface area contributed by atoms with Crippen LogP contribution < -0.4 is 5.30 Å². The van der Waals surface area contributed by atoms with Gasteiger partial charge in [-0.2, -0.15) is 0 Å². The Morgan fingerprint density at radius 2 is 1.71 bits per heavy atom. The highest BCUT2D eigenvalue weighted by Crippen LogP contribution is 2.41. The number of phenolic OH excluding ortho intramolecular Hbond substituents is 2. The Morgan fingerprint density at radius 1 is 1.21 bits per heavy atom. The number of phenols is 2. The van der Waals surface area contributed by atoms with E-state index in [9.17, 15) is 9.46 Å². The summed E-state index contributed by atoms with van der Waals surface area (Å²) in [6.45, 7) is 1.80. The highest BCUT2D eigenvalue weighted by atomic mass is 31.2. The summed E-state index contributed by atoms with van der Waals surface area (Å²) in [6.07, 6.45) is 0.722. The minimum absolute atomic E-state index is 0.0943. The van der Waals surface area contributed by atoms with Gasteiger partial charge in [-0.3, -0.25) is 4.57 Å². The molecule has 14 heavy (non-hydrogen) atoms. The Bertz CT molecular complexity index is 355. The standard InChI is InChI=1S/C9H13O4P/c1-2-3-14(12,13)9-5-7(10)4-8(11)6-9/h4-6,10-11H,2-3H2,1H3,(H,12,13). The molecule has 0 radical (unpaired) electrons. The Labute approximate surface area is 82.3 Å². The van der Waals surface area contributed by atoms with Gasteiger partial charge in [-0.1, -0.05) is 6.92 Å². The zero-order valence-corrected chi connectivity index (χ0v) is 8.74. The van der Waals surface area contributed by atoms with E-state index in [0.717, 1.165) is 6.07 Å². The first-order valence-corrected chi connectivity index (χ1v) is 6.15. The first kappa shape index (κ1) is 11.1. The van der Waals surface area contributed by atoms with Crippen molar-refractivity contribution in [2.45, 2.75) is 13.3 Å². The molecule has 1 rings (SSSR count). The second-order valence-electron chi connectivity index (χ2n) is 3.13. The van der Waals surface area contributed by atoms with Crippen molar-refractivity contribution in [1.29, 1.82) is 0 Å². The van der Waals surface area contributed by atoms with E-state index < -0.39 is 7.37 Å². The fourth-order valence-corrected chi connectivity index (χ4v) is 2.75. The van der Waals surface area contributed by atoms with Gasteiger partial charge in [0.1, 0.15) is 11.5 Å². The molecule has 0 aliphatic carbocycles. The van der Waals surface area contributed by atoms with E-state index in [1.165, 1.54) is 12.1 Å². The highest BCUT2D eigenvalue weighted by Gasteiger charge is 2.21. The third kappa shape index (κ3) is 2.50. The predicted octanol–water partition coefficient (Wildman–Crippen LogP) is 1.40. The molecule has 0 spiro atoms. The molecule has 78 valence electrons. The average molecular weight is 216 g/mol. The Balaban J connectivity index is 3.12. The summed E-state index contributed by atoms with van der Waals surface area (Å²) >= 11 is 0. The summed E-state index contributed by atoms with van der Waals surface area (Å²) in [5.41, 5.74) is 0.